The Bertz CT molecular complexity index is 548. The van der Waals surface area contributed by atoms with Crippen molar-refractivity contribution in [3.63, 3.8) is 0 Å². The predicted molar refractivity (Wildman–Crippen MR) is 82.0 cm³/mol. The van der Waals surface area contributed by atoms with E-state index in [9.17, 15) is 10.1 Å². The maximum absolute atomic E-state index is 11.0. The molecule has 0 amide bonds. The van der Waals surface area contributed by atoms with Crippen LogP contribution >= 0.6 is 0 Å². The molecule has 2 atom stereocenters. The maximum atomic E-state index is 11.0. The van der Waals surface area contributed by atoms with Crippen molar-refractivity contribution >= 4 is 11.4 Å². The van der Waals surface area contributed by atoms with E-state index in [0.717, 1.165) is 25.2 Å². The second kappa shape index (κ2) is 5.61. The number of fused-ring (bicyclic) bond motifs is 2. The third kappa shape index (κ3) is 2.87. The molecule has 2 heterocycles. The van der Waals surface area contributed by atoms with Gasteiger partial charge in [0, 0.05) is 37.8 Å². The fourth-order valence-electron chi connectivity index (χ4n) is 3.63. The van der Waals surface area contributed by atoms with Crippen LogP contribution in [0.2, 0.25) is 0 Å². The minimum absolute atomic E-state index is 0.0148. The maximum Gasteiger partial charge on any atom is 0.292 e. The highest BCUT2D eigenvalue weighted by Crippen LogP contribution is 2.29. The van der Waals surface area contributed by atoms with Crippen LogP contribution in [0.25, 0.3) is 0 Å². The summed E-state index contributed by atoms with van der Waals surface area (Å²) in [5.41, 5.74) is 6.87. The Morgan fingerprint density at radius 2 is 2.10 bits per heavy atom. The Hall–Kier alpha value is -1.66. The SMILES string of the molecule is CN1C2CCC1CN(Cc1ccc(N)c([N+](=O)[O-])c1)CC2. The molecule has 0 spiro atoms. The number of nitrogen functional groups attached to an aromatic ring is 1. The smallest absolute Gasteiger partial charge is 0.292 e. The monoisotopic (exact) mass is 290 g/mol. The highest BCUT2D eigenvalue weighted by Gasteiger charge is 2.34. The van der Waals surface area contributed by atoms with Gasteiger partial charge in [-0.2, -0.15) is 0 Å². The van der Waals surface area contributed by atoms with Gasteiger partial charge in [0.05, 0.1) is 4.92 Å². The number of benzene rings is 1. The first-order chi connectivity index (χ1) is 10.0. The van der Waals surface area contributed by atoms with E-state index in [-0.39, 0.29) is 11.4 Å². The average Bonchev–Trinajstić information content (AvgIpc) is 2.69. The van der Waals surface area contributed by atoms with Gasteiger partial charge in [-0.25, -0.2) is 0 Å². The van der Waals surface area contributed by atoms with Crippen LogP contribution < -0.4 is 5.73 Å². The van der Waals surface area contributed by atoms with Crippen molar-refractivity contribution in [1.82, 2.24) is 9.80 Å². The third-order valence-electron chi connectivity index (χ3n) is 4.93. The molecular weight excluding hydrogens is 268 g/mol. The Kier molecular flexibility index (Phi) is 3.82. The number of nitro groups is 1. The molecule has 2 aliphatic heterocycles. The first kappa shape index (κ1) is 14.3. The van der Waals surface area contributed by atoms with Gasteiger partial charge < -0.3 is 5.73 Å². The summed E-state index contributed by atoms with van der Waals surface area (Å²) in [7, 11) is 2.22. The van der Waals surface area contributed by atoms with Gasteiger partial charge in [0.2, 0.25) is 0 Å². The molecule has 0 aromatic heterocycles. The zero-order valence-electron chi connectivity index (χ0n) is 12.4. The Labute approximate surface area is 124 Å². The summed E-state index contributed by atoms with van der Waals surface area (Å²) >= 11 is 0. The first-order valence-electron chi connectivity index (χ1n) is 7.51. The van der Waals surface area contributed by atoms with Crippen LogP contribution in [0.5, 0.6) is 0 Å². The van der Waals surface area contributed by atoms with E-state index in [0.29, 0.717) is 12.1 Å². The van der Waals surface area contributed by atoms with Gasteiger partial charge in [-0.3, -0.25) is 19.9 Å². The topological polar surface area (TPSA) is 75.6 Å². The highest BCUT2D eigenvalue weighted by molar-refractivity contribution is 5.59. The molecule has 1 aromatic carbocycles. The molecule has 2 unspecified atom stereocenters. The van der Waals surface area contributed by atoms with Crippen molar-refractivity contribution in [2.24, 2.45) is 0 Å². The van der Waals surface area contributed by atoms with Crippen LogP contribution in [0.1, 0.15) is 24.8 Å². The van der Waals surface area contributed by atoms with Crippen molar-refractivity contribution in [1.29, 1.82) is 0 Å². The lowest BCUT2D eigenvalue weighted by Crippen LogP contribution is -2.36. The van der Waals surface area contributed by atoms with Gasteiger partial charge in [-0.05, 0) is 37.9 Å². The van der Waals surface area contributed by atoms with Gasteiger partial charge in [0.15, 0.2) is 0 Å². The molecule has 0 aliphatic carbocycles. The van der Waals surface area contributed by atoms with Gasteiger partial charge in [-0.1, -0.05) is 6.07 Å². The summed E-state index contributed by atoms with van der Waals surface area (Å²) in [5.74, 6) is 0. The van der Waals surface area contributed by atoms with Crippen LogP contribution in [-0.2, 0) is 6.54 Å². The molecule has 0 saturated carbocycles. The predicted octanol–water partition coefficient (Wildman–Crippen LogP) is 1.85. The number of nitrogens with zero attached hydrogens (tertiary/aromatic N) is 3. The highest BCUT2D eigenvalue weighted by atomic mass is 16.6. The lowest BCUT2D eigenvalue weighted by Gasteiger charge is -2.25. The fraction of sp³-hybridized carbons (Fsp3) is 0.600. The summed E-state index contributed by atoms with van der Waals surface area (Å²) < 4.78 is 0. The Balaban J connectivity index is 1.72. The standard InChI is InChI=1S/C15H22N4O2/c1-17-12-3-4-13(17)10-18(7-6-12)9-11-2-5-14(16)15(8-11)19(20)21/h2,5,8,12-13H,3-4,6-7,9-10,16H2,1H3. The largest absolute Gasteiger partial charge is 0.393 e. The van der Waals surface area contributed by atoms with Crippen molar-refractivity contribution in [3.05, 3.63) is 33.9 Å². The van der Waals surface area contributed by atoms with Crippen LogP contribution in [0.15, 0.2) is 18.2 Å². The molecule has 114 valence electrons. The van der Waals surface area contributed by atoms with Crippen LogP contribution in [0, 0.1) is 10.1 Å². The molecule has 3 rings (SSSR count). The minimum atomic E-state index is -0.406. The average molecular weight is 290 g/mol. The number of hydrogen-bond acceptors (Lipinski definition) is 5. The van der Waals surface area contributed by atoms with Gasteiger partial charge in [0.1, 0.15) is 5.69 Å². The number of anilines is 1. The van der Waals surface area contributed by atoms with E-state index >= 15 is 0 Å². The normalized spacial score (nSPS) is 26.7. The number of nitro benzene ring substituents is 1. The summed E-state index contributed by atoms with van der Waals surface area (Å²) in [4.78, 5) is 15.5. The Morgan fingerprint density at radius 3 is 2.86 bits per heavy atom. The summed E-state index contributed by atoms with van der Waals surface area (Å²) in [6.07, 6.45) is 3.76. The van der Waals surface area contributed by atoms with E-state index < -0.39 is 4.92 Å². The van der Waals surface area contributed by atoms with Crippen molar-refractivity contribution in [3.8, 4) is 0 Å². The van der Waals surface area contributed by atoms with E-state index in [1.54, 1.807) is 12.1 Å². The summed E-state index contributed by atoms with van der Waals surface area (Å²) in [6.45, 7) is 2.87. The first-order valence-corrected chi connectivity index (χ1v) is 7.51. The van der Waals surface area contributed by atoms with E-state index in [1.807, 2.05) is 6.07 Å². The second-order valence-electron chi connectivity index (χ2n) is 6.22. The van der Waals surface area contributed by atoms with Gasteiger partial charge >= 0.3 is 0 Å². The van der Waals surface area contributed by atoms with E-state index in [2.05, 4.69) is 16.8 Å². The zero-order chi connectivity index (χ0) is 15.0. The fourth-order valence-corrected chi connectivity index (χ4v) is 3.63. The molecule has 2 fully saturated rings. The zero-order valence-corrected chi connectivity index (χ0v) is 12.4. The third-order valence-corrected chi connectivity index (χ3v) is 4.93. The lowest BCUT2D eigenvalue weighted by molar-refractivity contribution is -0.384. The lowest BCUT2D eigenvalue weighted by atomic mass is 10.1. The summed E-state index contributed by atoms with van der Waals surface area (Å²) in [5, 5.41) is 11.0. The van der Waals surface area contributed by atoms with Crippen molar-refractivity contribution in [2.75, 3.05) is 25.9 Å². The molecule has 6 heteroatoms. The van der Waals surface area contributed by atoms with Crippen molar-refractivity contribution < 1.29 is 4.92 Å². The molecular formula is C15H22N4O2. The molecule has 21 heavy (non-hydrogen) atoms. The molecule has 2 saturated heterocycles. The van der Waals surface area contributed by atoms with Crippen LogP contribution in [-0.4, -0.2) is 46.9 Å². The molecule has 2 aliphatic rings. The van der Waals surface area contributed by atoms with Crippen molar-refractivity contribution in [2.45, 2.75) is 37.9 Å². The van der Waals surface area contributed by atoms with Crippen LogP contribution in [0.4, 0.5) is 11.4 Å². The Morgan fingerprint density at radius 1 is 1.33 bits per heavy atom. The van der Waals surface area contributed by atoms with Gasteiger partial charge in [-0.15, -0.1) is 0 Å². The number of rotatable bonds is 3. The number of likely N-dealkylation sites (tertiary alicyclic amines) is 1. The van der Waals surface area contributed by atoms with Crippen LogP contribution in [0.3, 0.4) is 0 Å². The van der Waals surface area contributed by atoms with E-state index in [1.165, 1.54) is 19.3 Å². The number of nitrogens with two attached hydrogens (primary N) is 1. The van der Waals surface area contributed by atoms with E-state index in [4.69, 9.17) is 5.73 Å². The second-order valence-corrected chi connectivity index (χ2v) is 6.22. The molecule has 0 radical (unpaired) electrons. The molecule has 6 nitrogen and oxygen atoms in total. The summed E-state index contributed by atoms with van der Waals surface area (Å²) in [6, 6.07) is 6.49. The molecule has 2 N–H and O–H groups in total. The minimum Gasteiger partial charge on any atom is -0.393 e. The quantitative estimate of drug-likeness (QED) is 0.522. The molecule has 1 aromatic rings. The number of likely N-dealkylation sites (N-methyl/N-ethyl adjacent to an activating group) is 1. The van der Waals surface area contributed by atoms with Gasteiger partial charge in [0.25, 0.3) is 5.69 Å². The molecule has 2 bridgehead atoms. The number of hydrogen-bond donors (Lipinski definition) is 1.